The highest BCUT2D eigenvalue weighted by Gasteiger charge is 2.35. The van der Waals surface area contributed by atoms with Crippen molar-refractivity contribution in [2.24, 2.45) is 0 Å². The summed E-state index contributed by atoms with van der Waals surface area (Å²) in [6, 6.07) is 8.88. The van der Waals surface area contributed by atoms with Gasteiger partial charge in [-0.2, -0.15) is 4.98 Å². The van der Waals surface area contributed by atoms with Crippen LogP contribution in [0.15, 0.2) is 47.0 Å². The maximum atomic E-state index is 13.8. The van der Waals surface area contributed by atoms with Crippen LogP contribution < -0.4 is 4.90 Å². The third-order valence-corrected chi connectivity index (χ3v) is 4.20. The van der Waals surface area contributed by atoms with Crippen LogP contribution in [0.5, 0.6) is 0 Å². The first-order valence-corrected chi connectivity index (χ1v) is 7.86. The molecule has 0 bridgehead atoms. The van der Waals surface area contributed by atoms with Gasteiger partial charge in [-0.25, -0.2) is 13.2 Å². The first-order valence-electron chi connectivity index (χ1n) is 7.86. The van der Waals surface area contributed by atoms with Crippen molar-refractivity contribution in [2.75, 3.05) is 11.4 Å². The van der Waals surface area contributed by atoms with Gasteiger partial charge in [-0.3, -0.25) is 4.79 Å². The summed E-state index contributed by atoms with van der Waals surface area (Å²) in [7, 11) is 0. The van der Waals surface area contributed by atoms with Gasteiger partial charge in [0.15, 0.2) is 5.82 Å². The van der Waals surface area contributed by atoms with Crippen molar-refractivity contribution in [3.05, 3.63) is 65.7 Å². The Kier molecular flexibility index (Phi) is 3.95. The molecule has 26 heavy (non-hydrogen) atoms. The zero-order valence-electron chi connectivity index (χ0n) is 13.3. The number of aromatic nitrogens is 2. The number of carbonyl (C=O) groups excluding carboxylic acids is 1. The molecule has 0 N–H and O–H groups in total. The molecule has 0 aliphatic carbocycles. The Labute approximate surface area is 146 Å². The SMILES string of the molecule is O=C1CC(c2noc(-c3ccccc3F)n2)CN1c1cc(F)cc(F)c1. The molecule has 2 heterocycles. The molecular formula is C18H12F3N3O2. The minimum absolute atomic E-state index is 0.0146. The van der Waals surface area contributed by atoms with E-state index in [1.807, 2.05) is 0 Å². The first-order chi connectivity index (χ1) is 12.5. The Bertz CT molecular complexity index is 969. The van der Waals surface area contributed by atoms with E-state index in [2.05, 4.69) is 10.1 Å². The summed E-state index contributed by atoms with van der Waals surface area (Å²) in [6.07, 6.45) is 0.0639. The van der Waals surface area contributed by atoms with Crippen molar-refractivity contribution in [1.82, 2.24) is 10.1 Å². The average Bonchev–Trinajstić information content (AvgIpc) is 3.21. The molecule has 5 nitrogen and oxygen atoms in total. The number of amides is 1. The molecular weight excluding hydrogens is 347 g/mol. The van der Waals surface area contributed by atoms with Crippen LogP contribution in [0.25, 0.3) is 11.5 Å². The predicted molar refractivity (Wildman–Crippen MR) is 85.8 cm³/mol. The number of halogens is 3. The lowest BCUT2D eigenvalue weighted by molar-refractivity contribution is -0.117. The van der Waals surface area contributed by atoms with Crippen LogP contribution in [0.2, 0.25) is 0 Å². The van der Waals surface area contributed by atoms with E-state index in [0.29, 0.717) is 0 Å². The van der Waals surface area contributed by atoms with E-state index in [0.717, 1.165) is 18.2 Å². The topological polar surface area (TPSA) is 59.2 Å². The van der Waals surface area contributed by atoms with Crippen molar-refractivity contribution in [3.63, 3.8) is 0 Å². The summed E-state index contributed by atoms with van der Waals surface area (Å²) in [4.78, 5) is 17.7. The van der Waals surface area contributed by atoms with Crippen molar-refractivity contribution >= 4 is 11.6 Å². The van der Waals surface area contributed by atoms with E-state index in [9.17, 15) is 18.0 Å². The molecule has 1 aromatic heterocycles. The molecule has 1 fully saturated rings. The number of rotatable bonds is 3. The summed E-state index contributed by atoms with van der Waals surface area (Å²) >= 11 is 0. The van der Waals surface area contributed by atoms with Crippen LogP contribution in [0.4, 0.5) is 18.9 Å². The van der Waals surface area contributed by atoms with E-state index >= 15 is 0 Å². The zero-order valence-corrected chi connectivity index (χ0v) is 13.3. The van der Waals surface area contributed by atoms with E-state index < -0.39 is 23.4 Å². The maximum absolute atomic E-state index is 13.8. The number of carbonyl (C=O) groups is 1. The number of hydrogen-bond acceptors (Lipinski definition) is 4. The molecule has 1 atom stereocenters. The molecule has 3 aromatic rings. The molecule has 0 radical (unpaired) electrons. The summed E-state index contributed by atoms with van der Waals surface area (Å²) < 4.78 is 45.7. The first kappa shape index (κ1) is 16.3. The van der Waals surface area contributed by atoms with Crippen molar-refractivity contribution in [2.45, 2.75) is 12.3 Å². The molecule has 1 aliphatic rings. The Morgan fingerprint density at radius 1 is 1.08 bits per heavy atom. The lowest BCUT2D eigenvalue weighted by Gasteiger charge is -2.16. The van der Waals surface area contributed by atoms with Gasteiger partial charge in [0.1, 0.15) is 17.5 Å². The van der Waals surface area contributed by atoms with Gasteiger partial charge < -0.3 is 9.42 Å². The largest absolute Gasteiger partial charge is 0.334 e. The summed E-state index contributed by atoms with van der Waals surface area (Å²) in [6.45, 7) is 0.151. The van der Waals surface area contributed by atoms with Crippen molar-refractivity contribution in [1.29, 1.82) is 0 Å². The van der Waals surface area contributed by atoms with Crippen LogP contribution in [0.3, 0.4) is 0 Å². The van der Waals surface area contributed by atoms with Crippen LogP contribution in [0, 0.1) is 17.5 Å². The zero-order chi connectivity index (χ0) is 18.3. The lowest BCUT2D eigenvalue weighted by Crippen LogP contribution is -2.24. The van der Waals surface area contributed by atoms with Gasteiger partial charge in [0.05, 0.1) is 5.56 Å². The molecule has 132 valence electrons. The second-order valence-corrected chi connectivity index (χ2v) is 5.97. The maximum Gasteiger partial charge on any atom is 0.260 e. The van der Waals surface area contributed by atoms with Gasteiger partial charge in [0.2, 0.25) is 5.91 Å². The Morgan fingerprint density at radius 2 is 1.81 bits per heavy atom. The molecule has 2 aromatic carbocycles. The van der Waals surface area contributed by atoms with Crippen molar-refractivity contribution in [3.8, 4) is 11.5 Å². The van der Waals surface area contributed by atoms with E-state index in [1.165, 1.54) is 17.0 Å². The van der Waals surface area contributed by atoms with Gasteiger partial charge in [-0.15, -0.1) is 0 Å². The van der Waals surface area contributed by atoms with Gasteiger partial charge in [0.25, 0.3) is 5.89 Å². The normalized spacial score (nSPS) is 17.1. The standard InChI is InChI=1S/C18H12F3N3O2/c19-11-6-12(20)8-13(7-11)24-9-10(5-16(24)25)17-22-18(26-23-17)14-3-1-2-4-15(14)21/h1-4,6-8,10H,5,9H2. The van der Waals surface area contributed by atoms with Crippen LogP contribution >= 0.6 is 0 Å². The number of hydrogen-bond donors (Lipinski definition) is 0. The molecule has 0 spiro atoms. The fraction of sp³-hybridized carbons (Fsp3) is 0.167. The molecule has 4 rings (SSSR count). The second-order valence-electron chi connectivity index (χ2n) is 5.97. The van der Waals surface area contributed by atoms with Crippen molar-refractivity contribution < 1.29 is 22.5 Å². The number of anilines is 1. The summed E-state index contributed by atoms with van der Waals surface area (Å²) in [5.74, 6) is -2.50. The van der Waals surface area contributed by atoms with Gasteiger partial charge in [-0.05, 0) is 24.3 Å². The summed E-state index contributed by atoms with van der Waals surface area (Å²) in [5, 5.41) is 3.83. The predicted octanol–water partition coefficient (Wildman–Crippen LogP) is 3.67. The van der Waals surface area contributed by atoms with Crippen LogP contribution in [-0.2, 0) is 4.79 Å². The third-order valence-electron chi connectivity index (χ3n) is 4.20. The molecule has 1 amide bonds. The highest BCUT2D eigenvalue weighted by atomic mass is 19.1. The van der Waals surface area contributed by atoms with Gasteiger partial charge in [0, 0.05) is 30.6 Å². The Hall–Kier alpha value is -3.16. The quantitative estimate of drug-likeness (QED) is 0.716. The molecule has 1 unspecified atom stereocenters. The third kappa shape index (κ3) is 2.94. The highest BCUT2D eigenvalue weighted by Crippen LogP contribution is 2.32. The number of benzene rings is 2. The fourth-order valence-corrected chi connectivity index (χ4v) is 2.97. The monoisotopic (exact) mass is 359 g/mol. The number of nitrogens with zero attached hydrogens (tertiary/aromatic N) is 3. The average molecular weight is 359 g/mol. The van der Waals surface area contributed by atoms with E-state index in [4.69, 9.17) is 4.52 Å². The van der Waals surface area contributed by atoms with E-state index in [1.54, 1.807) is 12.1 Å². The van der Waals surface area contributed by atoms with Crippen LogP contribution in [0.1, 0.15) is 18.2 Å². The molecule has 1 saturated heterocycles. The van der Waals surface area contributed by atoms with Gasteiger partial charge >= 0.3 is 0 Å². The minimum Gasteiger partial charge on any atom is -0.334 e. The molecule has 1 aliphatic heterocycles. The summed E-state index contributed by atoms with van der Waals surface area (Å²) in [5.41, 5.74) is 0.299. The fourth-order valence-electron chi connectivity index (χ4n) is 2.97. The van der Waals surface area contributed by atoms with Gasteiger partial charge in [-0.1, -0.05) is 17.3 Å². The lowest BCUT2D eigenvalue weighted by atomic mass is 10.1. The smallest absolute Gasteiger partial charge is 0.260 e. The Balaban J connectivity index is 1.59. The molecule has 8 heteroatoms. The van der Waals surface area contributed by atoms with E-state index in [-0.39, 0.29) is 41.8 Å². The highest BCUT2D eigenvalue weighted by molar-refractivity contribution is 5.96. The molecule has 0 saturated carbocycles. The Morgan fingerprint density at radius 3 is 2.54 bits per heavy atom. The van der Waals surface area contributed by atoms with Crippen LogP contribution in [-0.4, -0.2) is 22.6 Å². The second kappa shape index (κ2) is 6.29. The minimum atomic E-state index is -0.766.